The van der Waals surface area contributed by atoms with Crippen LogP contribution in [0.3, 0.4) is 0 Å². The molecule has 3 aromatic rings. The minimum Gasteiger partial charge on any atom is -0.496 e. The lowest BCUT2D eigenvalue weighted by atomic mass is 10.1. The van der Waals surface area contributed by atoms with E-state index in [2.05, 4.69) is 15.6 Å². The SMILES string of the molecule is COc1ccccc1CNC(=O)NC(Cc1c[nH]c2ccccc12)C(=O)O. The Morgan fingerprint density at radius 1 is 1.11 bits per heavy atom. The van der Waals surface area contributed by atoms with E-state index >= 15 is 0 Å². The average Bonchev–Trinajstić information content (AvgIpc) is 3.09. The van der Waals surface area contributed by atoms with E-state index in [9.17, 15) is 14.7 Å². The number of hydrogen-bond donors (Lipinski definition) is 4. The van der Waals surface area contributed by atoms with Gasteiger partial charge in [-0.3, -0.25) is 0 Å². The number of amides is 2. The summed E-state index contributed by atoms with van der Waals surface area (Å²) in [7, 11) is 1.56. The van der Waals surface area contributed by atoms with Crippen LogP contribution in [-0.2, 0) is 17.8 Å². The van der Waals surface area contributed by atoms with E-state index in [0.717, 1.165) is 22.0 Å². The number of fused-ring (bicyclic) bond motifs is 1. The highest BCUT2D eigenvalue weighted by Crippen LogP contribution is 2.19. The normalized spacial score (nSPS) is 11.7. The van der Waals surface area contributed by atoms with Crippen LogP contribution in [0.15, 0.2) is 54.7 Å². The highest BCUT2D eigenvalue weighted by molar-refractivity contribution is 5.86. The third-order valence-corrected chi connectivity index (χ3v) is 4.33. The van der Waals surface area contributed by atoms with E-state index in [4.69, 9.17) is 4.74 Å². The van der Waals surface area contributed by atoms with Gasteiger partial charge in [-0.15, -0.1) is 0 Å². The largest absolute Gasteiger partial charge is 0.496 e. The summed E-state index contributed by atoms with van der Waals surface area (Å²) in [6.07, 6.45) is 1.95. The predicted octanol–water partition coefficient (Wildman–Crippen LogP) is 2.67. The number of carboxylic acid groups (broad SMARTS) is 1. The van der Waals surface area contributed by atoms with Crippen LogP contribution in [0, 0.1) is 0 Å². The van der Waals surface area contributed by atoms with Gasteiger partial charge in [0.15, 0.2) is 0 Å². The van der Waals surface area contributed by atoms with Crippen LogP contribution in [0.25, 0.3) is 10.9 Å². The van der Waals surface area contributed by atoms with Gasteiger partial charge in [-0.05, 0) is 17.7 Å². The Bertz CT molecular complexity index is 951. The van der Waals surface area contributed by atoms with Gasteiger partial charge in [0.05, 0.1) is 7.11 Å². The number of carbonyl (C=O) groups is 2. The zero-order valence-electron chi connectivity index (χ0n) is 14.9. The molecule has 140 valence electrons. The molecule has 0 radical (unpaired) electrons. The van der Waals surface area contributed by atoms with E-state index in [0.29, 0.717) is 5.75 Å². The molecule has 0 saturated carbocycles. The molecular formula is C20H21N3O4. The van der Waals surface area contributed by atoms with E-state index in [-0.39, 0.29) is 13.0 Å². The zero-order valence-corrected chi connectivity index (χ0v) is 14.9. The fraction of sp³-hybridized carbons (Fsp3) is 0.200. The minimum atomic E-state index is -1.09. The van der Waals surface area contributed by atoms with Gasteiger partial charge in [0, 0.05) is 35.6 Å². The van der Waals surface area contributed by atoms with E-state index in [1.165, 1.54) is 0 Å². The minimum absolute atomic E-state index is 0.182. The number of H-pyrrole nitrogens is 1. The van der Waals surface area contributed by atoms with Crippen LogP contribution in [0.2, 0.25) is 0 Å². The molecule has 27 heavy (non-hydrogen) atoms. The molecule has 0 aliphatic rings. The van der Waals surface area contributed by atoms with Gasteiger partial charge in [0.2, 0.25) is 0 Å². The van der Waals surface area contributed by atoms with Crippen molar-refractivity contribution in [1.29, 1.82) is 0 Å². The van der Waals surface area contributed by atoms with Crippen LogP contribution in [0.5, 0.6) is 5.75 Å². The highest BCUT2D eigenvalue weighted by Gasteiger charge is 2.22. The molecule has 0 bridgehead atoms. The molecule has 7 heteroatoms. The summed E-state index contributed by atoms with van der Waals surface area (Å²) in [5, 5.41) is 15.6. The summed E-state index contributed by atoms with van der Waals surface area (Å²) < 4.78 is 5.24. The molecular weight excluding hydrogens is 346 g/mol. The Hall–Kier alpha value is -3.48. The van der Waals surface area contributed by atoms with Gasteiger partial charge in [0.1, 0.15) is 11.8 Å². The number of methoxy groups -OCH3 is 1. The summed E-state index contributed by atoms with van der Waals surface area (Å²) in [6, 6.07) is 13.4. The number of rotatable bonds is 7. The summed E-state index contributed by atoms with van der Waals surface area (Å²) in [5.41, 5.74) is 2.57. The van der Waals surface area contributed by atoms with Crippen molar-refractivity contribution in [2.75, 3.05) is 7.11 Å². The van der Waals surface area contributed by atoms with Crippen LogP contribution >= 0.6 is 0 Å². The molecule has 1 atom stereocenters. The second kappa shape index (κ2) is 8.27. The lowest BCUT2D eigenvalue weighted by Gasteiger charge is -2.15. The molecule has 2 aromatic carbocycles. The molecule has 0 aliphatic carbocycles. The third-order valence-electron chi connectivity index (χ3n) is 4.33. The highest BCUT2D eigenvalue weighted by atomic mass is 16.5. The topological polar surface area (TPSA) is 103 Å². The average molecular weight is 367 g/mol. The Morgan fingerprint density at radius 2 is 1.85 bits per heavy atom. The maximum absolute atomic E-state index is 12.2. The lowest BCUT2D eigenvalue weighted by molar-refractivity contribution is -0.139. The maximum atomic E-state index is 12.2. The van der Waals surface area contributed by atoms with Gasteiger partial charge in [-0.1, -0.05) is 36.4 Å². The van der Waals surface area contributed by atoms with Gasteiger partial charge < -0.3 is 25.5 Å². The summed E-state index contributed by atoms with van der Waals surface area (Å²) in [4.78, 5) is 26.9. The first kappa shape index (κ1) is 18.3. The molecule has 3 rings (SSSR count). The summed E-state index contributed by atoms with van der Waals surface area (Å²) in [5.74, 6) is -0.431. The number of ether oxygens (including phenoxy) is 1. The fourth-order valence-corrected chi connectivity index (χ4v) is 2.95. The fourth-order valence-electron chi connectivity index (χ4n) is 2.95. The molecule has 2 amide bonds. The Balaban J connectivity index is 1.64. The summed E-state index contributed by atoms with van der Waals surface area (Å²) >= 11 is 0. The smallest absolute Gasteiger partial charge is 0.326 e. The van der Waals surface area contributed by atoms with Crippen LogP contribution in [0.4, 0.5) is 4.79 Å². The molecule has 0 spiro atoms. The molecule has 1 aromatic heterocycles. The zero-order chi connectivity index (χ0) is 19.2. The van der Waals surface area contributed by atoms with Crippen molar-refractivity contribution in [3.05, 3.63) is 65.9 Å². The number of nitrogens with one attached hydrogen (secondary N) is 3. The van der Waals surface area contributed by atoms with Crippen molar-refractivity contribution in [3.8, 4) is 5.75 Å². The van der Waals surface area contributed by atoms with Crippen LogP contribution in [-0.4, -0.2) is 35.2 Å². The Labute approximate surface area is 156 Å². The Kier molecular flexibility index (Phi) is 5.61. The maximum Gasteiger partial charge on any atom is 0.326 e. The third kappa shape index (κ3) is 4.38. The number of para-hydroxylation sites is 2. The Morgan fingerprint density at radius 3 is 2.63 bits per heavy atom. The lowest BCUT2D eigenvalue weighted by Crippen LogP contribution is -2.46. The van der Waals surface area contributed by atoms with Gasteiger partial charge in [0.25, 0.3) is 0 Å². The predicted molar refractivity (Wildman–Crippen MR) is 102 cm³/mol. The second-order valence-corrected chi connectivity index (χ2v) is 6.09. The monoisotopic (exact) mass is 367 g/mol. The van der Waals surface area contributed by atoms with Crippen molar-refractivity contribution in [3.63, 3.8) is 0 Å². The quantitative estimate of drug-likeness (QED) is 0.515. The first-order chi connectivity index (χ1) is 13.1. The molecule has 7 nitrogen and oxygen atoms in total. The van der Waals surface area contributed by atoms with Gasteiger partial charge in [-0.2, -0.15) is 0 Å². The van der Waals surface area contributed by atoms with E-state index < -0.39 is 18.0 Å². The number of aromatic amines is 1. The van der Waals surface area contributed by atoms with E-state index in [1.807, 2.05) is 42.5 Å². The second-order valence-electron chi connectivity index (χ2n) is 6.09. The van der Waals surface area contributed by atoms with Crippen LogP contribution in [0.1, 0.15) is 11.1 Å². The molecule has 4 N–H and O–H groups in total. The van der Waals surface area contributed by atoms with Crippen LogP contribution < -0.4 is 15.4 Å². The molecule has 1 heterocycles. The van der Waals surface area contributed by atoms with Crippen molar-refractivity contribution < 1.29 is 19.4 Å². The van der Waals surface area contributed by atoms with Gasteiger partial charge in [-0.25, -0.2) is 9.59 Å². The van der Waals surface area contributed by atoms with Crippen molar-refractivity contribution in [1.82, 2.24) is 15.6 Å². The number of aromatic nitrogens is 1. The van der Waals surface area contributed by atoms with E-state index in [1.54, 1.807) is 19.4 Å². The van der Waals surface area contributed by atoms with Crippen molar-refractivity contribution >= 4 is 22.9 Å². The van der Waals surface area contributed by atoms with Crippen molar-refractivity contribution in [2.24, 2.45) is 0 Å². The molecule has 0 saturated heterocycles. The number of aliphatic carboxylic acids is 1. The standard InChI is InChI=1S/C20H21N3O4/c1-27-18-9-5-2-6-13(18)11-22-20(26)23-17(19(24)25)10-14-12-21-16-8-4-3-7-15(14)16/h2-9,12,17,21H,10-11H2,1H3,(H,24,25)(H2,22,23,26). The first-order valence-corrected chi connectivity index (χ1v) is 8.52. The number of urea groups is 1. The molecule has 0 fully saturated rings. The number of benzene rings is 2. The first-order valence-electron chi connectivity index (χ1n) is 8.52. The number of carbonyl (C=O) groups excluding carboxylic acids is 1. The molecule has 0 aliphatic heterocycles. The number of carboxylic acids is 1. The molecule has 1 unspecified atom stereocenters. The van der Waals surface area contributed by atoms with Gasteiger partial charge >= 0.3 is 12.0 Å². The summed E-state index contributed by atoms with van der Waals surface area (Å²) in [6.45, 7) is 0.231. The van der Waals surface area contributed by atoms with Crippen molar-refractivity contribution in [2.45, 2.75) is 19.0 Å². The number of hydrogen-bond acceptors (Lipinski definition) is 3.